The van der Waals surface area contributed by atoms with E-state index in [-0.39, 0.29) is 19.0 Å². The number of nitrogens with one attached hydrogen (secondary N) is 2. The lowest BCUT2D eigenvalue weighted by atomic mass is 10.2. The molecular formula is C14H21N3O3. The largest absolute Gasteiger partial charge is 0.467 e. The standard InChI is InChI=1S/C14H21N3O3/c1-10(11-5-6-11)17(2)9-13(18)16-14(19)15-8-12-4-3-7-20-12/h3-4,7,10-11H,5-6,8-9H2,1-2H3,(H2,15,16,18,19). The van der Waals surface area contributed by atoms with Crippen LogP contribution in [-0.2, 0) is 11.3 Å². The molecule has 0 aromatic carbocycles. The highest BCUT2D eigenvalue weighted by atomic mass is 16.3. The number of rotatable bonds is 6. The molecule has 1 aliphatic carbocycles. The van der Waals surface area contributed by atoms with Crippen LogP contribution in [0.1, 0.15) is 25.5 Å². The smallest absolute Gasteiger partial charge is 0.321 e. The van der Waals surface area contributed by atoms with E-state index in [2.05, 4.69) is 17.6 Å². The molecule has 0 radical (unpaired) electrons. The van der Waals surface area contributed by atoms with Crippen LogP contribution in [0.5, 0.6) is 0 Å². The number of carbonyl (C=O) groups is 2. The predicted octanol–water partition coefficient (Wildman–Crippen LogP) is 1.34. The minimum absolute atomic E-state index is 0.228. The maximum absolute atomic E-state index is 11.7. The van der Waals surface area contributed by atoms with Crippen molar-refractivity contribution in [1.82, 2.24) is 15.5 Å². The van der Waals surface area contributed by atoms with E-state index in [0.29, 0.717) is 17.7 Å². The van der Waals surface area contributed by atoms with Crippen LogP contribution in [0.3, 0.4) is 0 Å². The summed E-state index contributed by atoms with van der Waals surface area (Å²) in [6, 6.07) is 3.38. The molecule has 1 aromatic heterocycles. The summed E-state index contributed by atoms with van der Waals surface area (Å²) in [5, 5.41) is 4.89. The highest BCUT2D eigenvalue weighted by Gasteiger charge is 2.31. The minimum atomic E-state index is -0.501. The fourth-order valence-electron chi connectivity index (χ4n) is 2.10. The number of hydrogen-bond acceptors (Lipinski definition) is 4. The van der Waals surface area contributed by atoms with Gasteiger partial charge in [0.15, 0.2) is 0 Å². The number of likely N-dealkylation sites (N-methyl/N-ethyl adjacent to an activating group) is 1. The van der Waals surface area contributed by atoms with Crippen molar-refractivity contribution in [2.45, 2.75) is 32.4 Å². The van der Waals surface area contributed by atoms with Crippen LogP contribution < -0.4 is 10.6 Å². The third-order valence-electron chi connectivity index (χ3n) is 3.65. The molecule has 2 N–H and O–H groups in total. The zero-order chi connectivity index (χ0) is 14.5. The number of urea groups is 1. The van der Waals surface area contributed by atoms with Gasteiger partial charge in [-0.15, -0.1) is 0 Å². The van der Waals surface area contributed by atoms with Gasteiger partial charge in [-0.2, -0.15) is 0 Å². The van der Waals surface area contributed by atoms with Crippen LogP contribution >= 0.6 is 0 Å². The predicted molar refractivity (Wildman–Crippen MR) is 73.9 cm³/mol. The average molecular weight is 279 g/mol. The van der Waals surface area contributed by atoms with Gasteiger partial charge in [0, 0.05) is 6.04 Å². The van der Waals surface area contributed by atoms with Gasteiger partial charge in [0.05, 0.1) is 19.4 Å². The van der Waals surface area contributed by atoms with Gasteiger partial charge in [0.1, 0.15) is 5.76 Å². The molecule has 1 atom stereocenters. The highest BCUT2D eigenvalue weighted by molar-refractivity contribution is 5.95. The first-order valence-corrected chi connectivity index (χ1v) is 6.86. The highest BCUT2D eigenvalue weighted by Crippen LogP contribution is 2.34. The molecule has 2 rings (SSSR count). The normalized spacial score (nSPS) is 15.9. The lowest BCUT2D eigenvalue weighted by molar-refractivity contribution is -0.121. The summed E-state index contributed by atoms with van der Waals surface area (Å²) in [6.07, 6.45) is 4.00. The van der Waals surface area contributed by atoms with Crippen molar-refractivity contribution in [2.24, 2.45) is 5.92 Å². The number of carbonyl (C=O) groups excluding carboxylic acids is 2. The van der Waals surface area contributed by atoms with Crippen LogP contribution in [0.15, 0.2) is 22.8 Å². The molecule has 0 bridgehead atoms. The molecule has 1 aromatic rings. The van der Waals surface area contributed by atoms with Crippen LogP contribution in [0.2, 0.25) is 0 Å². The van der Waals surface area contributed by atoms with Gasteiger partial charge >= 0.3 is 6.03 Å². The lowest BCUT2D eigenvalue weighted by Gasteiger charge is -2.23. The first-order valence-electron chi connectivity index (χ1n) is 6.86. The second-order valence-electron chi connectivity index (χ2n) is 5.30. The van der Waals surface area contributed by atoms with E-state index in [0.717, 1.165) is 0 Å². The maximum atomic E-state index is 11.7. The fraction of sp³-hybridized carbons (Fsp3) is 0.571. The lowest BCUT2D eigenvalue weighted by Crippen LogP contribution is -2.45. The molecule has 0 aliphatic heterocycles. The van der Waals surface area contributed by atoms with Gasteiger partial charge in [-0.25, -0.2) is 4.79 Å². The van der Waals surface area contributed by atoms with Crippen molar-refractivity contribution >= 4 is 11.9 Å². The third-order valence-corrected chi connectivity index (χ3v) is 3.65. The second kappa shape index (κ2) is 6.56. The number of amides is 3. The van der Waals surface area contributed by atoms with Crippen molar-refractivity contribution in [3.05, 3.63) is 24.2 Å². The van der Waals surface area contributed by atoms with Crippen molar-refractivity contribution in [2.75, 3.05) is 13.6 Å². The quantitative estimate of drug-likeness (QED) is 0.824. The summed E-state index contributed by atoms with van der Waals surface area (Å²) in [5.74, 6) is 1.05. The summed E-state index contributed by atoms with van der Waals surface area (Å²) >= 11 is 0. The Morgan fingerprint density at radius 3 is 2.85 bits per heavy atom. The van der Waals surface area contributed by atoms with Crippen LogP contribution in [0.25, 0.3) is 0 Å². The van der Waals surface area contributed by atoms with E-state index in [1.807, 2.05) is 11.9 Å². The molecule has 1 saturated carbocycles. The SMILES string of the molecule is CC(C1CC1)N(C)CC(=O)NC(=O)NCc1ccco1. The summed E-state index contributed by atoms with van der Waals surface area (Å²) in [4.78, 5) is 25.3. The summed E-state index contributed by atoms with van der Waals surface area (Å²) in [5.41, 5.74) is 0. The molecular weight excluding hydrogens is 258 g/mol. The number of nitrogens with zero attached hydrogens (tertiary/aromatic N) is 1. The molecule has 110 valence electrons. The monoisotopic (exact) mass is 279 g/mol. The Balaban J connectivity index is 1.66. The number of hydrogen-bond donors (Lipinski definition) is 2. The van der Waals surface area contributed by atoms with Crippen LogP contribution in [0.4, 0.5) is 4.79 Å². The molecule has 1 heterocycles. The molecule has 1 fully saturated rings. The van der Waals surface area contributed by atoms with E-state index >= 15 is 0 Å². The molecule has 6 heteroatoms. The molecule has 20 heavy (non-hydrogen) atoms. The molecule has 0 saturated heterocycles. The minimum Gasteiger partial charge on any atom is -0.467 e. The van der Waals surface area contributed by atoms with E-state index in [9.17, 15) is 9.59 Å². The zero-order valence-corrected chi connectivity index (χ0v) is 11.9. The van der Waals surface area contributed by atoms with Crippen LogP contribution in [0, 0.1) is 5.92 Å². The van der Waals surface area contributed by atoms with Crippen molar-refractivity contribution in [3.8, 4) is 0 Å². The zero-order valence-electron chi connectivity index (χ0n) is 11.9. The van der Waals surface area contributed by atoms with Gasteiger partial charge < -0.3 is 9.73 Å². The van der Waals surface area contributed by atoms with Gasteiger partial charge in [0.2, 0.25) is 5.91 Å². The van der Waals surface area contributed by atoms with Gasteiger partial charge in [-0.3, -0.25) is 15.0 Å². The van der Waals surface area contributed by atoms with Gasteiger partial charge in [-0.05, 0) is 44.9 Å². The Morgan fingerprint density at radius 1 is 1.50 bits per heavy atom. The Kier molecular flexibility index (Phi) is 4.79. The first-order chi connectivity index (χ1) is 9.56. The Bertz CT molecular complexity index is 454. The van der Waals surface area contributed by atoms with Gasteiger partial charge in [0.25, 0.3) is 0 Å². The second-order valence-corrected chi connectivity index (χ2v) is 5.30. The summed E-state index contributed by atoms with van der Waals surface area (Å²) in [7, 11) is 1.91. The maximum Gasteiger partial charge on any atom is 0.321 e. The molecule has 1 aliphatic rings. The van der Waals surface area contributed by atoms with E-state index in [1.54, 1.807) is 12.1 Å². The molecule has 0 spiro atoms. The molecule has 3 amide bonds. The average Bonchev–Trinajstić information content (AvgIpc) is 3.12. The van der Waals surface area contributed by atoms with E-state index in [4.69, 9.17) is 4.42 Å². The van der Waals surface area contributed by atoms with Crippen molar-refractivity contribution < 1.29 is 14.0 Å². The number of imide groups is 1. The topological polar surface area (TPSA) is 74.6 Å². The van der Waals surface area contributed by atoms with Gasteiger partial charge in [-0.1, -0.05) is 0 Å². The molecule has 6 nitrogen and oxygen atoms in total. The molecule has 1 unspecified atom stereocenters. The van der Waals surface area contributed by atoms with E-state index in [1.165, 1.54) is 19.1 Å². The Hall–Kier alpha value is -1.82. The summed E-state index contributed by atoms with van der Waals surface area (Å²) in [6.45, 7) is 2.61. The fourth-order valence-corrected chi connectivity index (χ4v) is 2.10. The Labute approximate surface area is 118 Å². The first kappa shape index (κ1) is 14.6. The van der Waals surface area contributed by atoms with E-state index < -0.39 is 6.03 Å². The van der Waals surface area contributed by atoms with Crippen molar-refractivity contribution in [3.63, 3.8) is 0 Å². The van der Waals surface area contributed by atoms with Crippen molar-refractivity contribution in [1.29, 1.82) is 0 Å². The Morgan fingerprint density at radius 2 is 2.25 bits per heavy atom. The number of furan rings is 1. The summed E-state index contributed by atoms with van der Waals surface area (Å²) < 4.78 is 5.08. The third kappa shape index (κ3) is 4.38. The van der Waals surface area contributed by atoms with Crippen LogP contribution in [-0.4, -0.2) is 36.5 Å².